The first kappa shape index (κ1) is 19.7. The predicted octanol–water partition coefficient (Wildman–Crippen LogP) is 3.17. The topological polar surface area (TPSA) is 52.7 Å². The number of carbonyl (C=O) groups excluding carboxylic acids is 2. The Labute approximate surface area is 155 Å². The lowest BCUT2D eigenvalue weighted by Gasteiger charge is -2.28. The molecule has 5 nitrogen and oxygen atoms in total. The van der Waals surface area contributed by atoms with Gasteiger partial charge in [0.15, 0.2) is 0 Å². The lowest BCUT2D eigenvalue weighted by atomic mass is 10.1. The molecule has 1 atom stereocenters. The number of aryl methyl sites for hydroxylation is 1. The number of benzene rings is 2. The van der Waals surface area contributed by atoms with Crippen LogP contribution in [0.2, 0.25) is 0 Å². The zero-order valence-electron chi connectivity index (χ0n) is 15.9. The van der Waals surface area contributed by atoms with E-state index in [9.17, 15) is 9.59 Å². The van der Waals surface area contributed by atoms with Crippen molar-refractivity contribution < 1.29 is 9.59 Å². The van der Waals surface area contributed by atoms with E-state index in [-0.39, 0.29) is 18.4 Å². The number of nitrogens with zero attached hydrogens (tertiary/aromatic N) is 2. The molecule has 2 rings (SSSR count). The van der Waals surface area contributed by atoms with Gasteiger partial charge in [0.1, 0.15) is 0 Å². The number of rotatable bonds is 7. The number of anilines is 2. The van der Waals surface area contributed by atoms with Crippen molar-refractivity contribution in [3.8, 4) is 0 Å². The number of hydrogen-bond donors (Lipinski definition) is 1. The number of amides is 2. The zero-order valence-corrected chi connectivity index (χ0v) is 15.9. The van der Waals surface area contributed by atoms with Crippen LogP contribution in [0.25, 0.3) is 0 Å². The normalized spacial score (nSPS) is 11.9. The molecular weight excluding hydrogens is 326 g/mol. The van der Waals surface area contributed by atoms with E-state index < -0.39 is 6.04 Å². The highest BCUT2D eigenvalue weighted by Crippen LogP contribution is 2.16. The number of carbonyl (C=O) groups is 2. The number of para-hydroxylation sites is 2. The standard InChI is InChI=1S/C21H27N3O2/c1-5-17-11-9-10-14-19(17)22-20(25)15-23(3)16(2)21(26)24(4)18-12-7-6-8-13-18/h6-14,16H,5,15H2,1-4H3,(H,22,25). The van der Waals surface area contributed by atoms with E-state index in [1.54, 1.807) is 23.9 Å². The maximum Gasteiger partial charge on any atom is 0.243 e. The SMILES string of the molecule is CCc1ccccc1NC(=O)CN(C)C(C)C(=O)N(C)c1ccccc1. The molecule has 0 heterocycles. The Morgan fingerprint density at radius 1 is 1.00 bits per heavy atom. The summed E-state index contributed by atoms with van der Waals surface area (Å²) < 4.78 is 0. The number of likely N-dealkylation sites (N-methyl/N-ethyl adjacent to an activating group) is 2. The maximum absolute atomic E-state index is 12.7. The molecule has 0 saturated carbocycles. The van der Waals surface area contributed by atoms with Gasteiger partial charge >= 0.3 is 0 Å². The van der Waals surface area contributed by atoms with Crippen LogP contribution in [-0.2, 0) is 16.0 Å². The Kier molecular flexibility index (Phi) is 6.92. The first-order chi connectivity index (χ1) is 12.4. The molecule has 138 valence electrons. The smallest absolute Gasteiger partial charge is 0.243 e. The Morgan fingerprint density at radius 3 is 2.27 bits per heavy atom. The van der Waals surface area contributed by atoms with Gasteiger partial charge in [0.05, 0.1) is 12.6 Å². The number of hydrogen-bond acceptors (Lipinski definition) is 3. The Hall–Kier alpha value is -2.66. The highest BCUT2D eigenvalue weighted by atomic mass is 16.2. The van der Waals surface area contributed by atoms with Gasteiger partial charge < -0.3 is 10.2 Å². The second-order valence-corrected chi connectivity index (χ2v) is 6.38. The summed E-state index contributed by atoms with van der Waals surface area (Å²) in [7, 11) is 3.53. The second kappa shape index (κ2) is 9.15. The molecule has 0 bridgehead atoms. The fourth-order valence-corrected chi connectivity index (χ4v) is 2.75. The van der Waals surface area contributed by atoms with E-state index in [2.05, 4.69) is 12.2 Å². The van der Waals surface area contributed by atoms with E-state index in [0.717, 1.165) is 23.4 Å². The van der Waals surface area contributed by atoms with Crippen LogP contribution in [-0.4, -0.2) is 43.4 Å². The lowest BCUT2D eigenvalue weighted by Crippen LogP contribution is -2.46. The molecule has 2 amide bonds. The summed E-state index contributed by atoms with van der Waals surface area (Å²) in [5.74, 6) is -0.184. The van der Waals surface area contributed by atoms with Gasteiger partial charge in [-0.15, -0.1) is 0 Å². The third-order valence-electron chi connectivity index (χ3n) is 4.56. The van der Waals surface area contributed by atoms with E-state index >= 15 is 0 Å². The van der Waals surface area contributed by atoms with Crippen LogP contribution in [0.1, 0.15) is 19.4 Å². The van der Waals surface area contributed by atoms with E-state index in [1.165, 1.54) is 0 Å². The minimum Gasteiger partial charge on any atom is -0.325 e. The Balaban J connectivity index is 1.96. The minimum absolute atomic E-state index is 0.0551. The molecule has 2 aromatic carbocycles. The quantitative estimate of drug-likeness (QED) is 0.832. The molecule has 0 aliphatic carbocycles. The first-order valence-electron chi connectivity index (χ1n) is 8.84. The molecule has 0 spiro atoms. The third-order valence-corrected chi connectivity index (χ3v) is 4.56. The van der Waals surface area contributed by atoms with E-state index in [4.69, 9.17) is 0 Å². The highest BCUT2D eigenvalue weighted by Gasteiger charge is 2.24. The third kappa shape index (κ3) is 4.92. The van der Waals surface area contributed by atoms with Crippen LogP contribution in [0, 0.1) is 0 Å². The molecule has 0 radical (unpaired) electrons. The van der Waals surface area contributed by atoms with Gasteiger partial charge in [-0.3, -0.25) is 14.5 Å². The maximum atomic E-state index is 12.7. The fraction of sp³-hybridized carbons (Fsp3) is 0.333. The fourth-order valence-electron chi connectivity index (χ4n) is 2.75. The molecule has 0 fully saturated rings. The van der Waals surface area contributed by atoms with Crippen molar-refractivity contribution in [2.24, 2.45) is 0 Å². The highest BCUT2D eigenvalue weighted by molar-refractivity contribution is 5.97. The molecule has 26 heavy (non-hydrogen) atoms. The second-order valence-electron chi connectivity index (χ2n) is 6.38. The van der Waals surface area contributed by atoms with Crippen LogP contribution >= 0.6 is 0 Å². The molecule has 1 unspecified atom stereocenters. The summed E-state index contributed by atoms with van der Waals surface area (Å²) >= 11 is 0. The van der Waals surface area contributed by atoms with E-state index in [1.807, 2.05) is 61.5 Å². The molecule has 0 saturated heterocycles. The van der Waals surface area contributed by atoms with E-state index in [0.29, 0.717) is 0 Å². The van der Waals surface area contributed by atoms with Crippen LogP contribution < -0.4 is 10.2 Å². The van der Waals surface area contributed by atoms with Crippen LogP contribution in [0.15, 0.2) is 54.6 Å². The van der Waals surface area contributed by atoms with Gasteiger partial charge in [0, 0.05) is 18.4 Å². The molecule has 0 aliphatic rings. The predicted molar refractivity (Wildman–Crippen MR) is 106 cm³/mol. The number of nitrogens with one attached hydrogen (secondary N) is 1. The summed E-state index contributed by atoms with van der Waals surface area (Å²) in [6, 6.07) is 16.8. The van der Waals surface area contributed by atoms with Gasteiger partial charge in [-0.1, -0.05) is 43.3 Å². The van der Waals surface area contributed by atoms with Crippen molar-refractivity contribution in [2.45, 2.75) is 26.3 Å². The summed E-state index contributed by atoms with van der Waals surface area (Å²) in [6.45, 7) is 4.01. The van der Waals surface area contributed by atoms with Gasteiger partial charge in [-0.05, 0) is 44.2 Å². The summed E-state index contributed by atoms with van der Waals surface area (Å²) in [5, 5.41) is 2.94. The first-order valence-corrected chi connectivity index (χ1v) is 8.84. The van der Waals surface area contributed by atoms with Crippen molar-refractivity contribution >= 4 is 23.2 Å². The van der Waals surface area contributed by atoms with Crippen LogP contribution in [0.5, 0.6) is 0 Å². The van der Waals surface area contributed by atoms with Gasteiger partial charge in [-0.2, -0.15) is 0 Å². The summed E-state index contributed by atoms with van der Waals surface area (Å²) in [5.41, 5.74) is 2.75. The Bertz CT molecular complexity index is 746. The van der Waals surface area contributed by atoms with Crippen molar-refractivity contribution in [3.05, 3.63) is 60.2 Å². The lowest BCUT2D eigenvalue weighted by molar-refractivity contribution is -0.124. The molecule has 1 N–H and O–H groups in total. The Morgan fingerprint density at radius 2 is 1.62 bits per heavy atom. The average Bonchev–Trinajstić information content (AvgIpc) is 2.67. The van der Waals surface area contributed by atoms with Crippen molar-refractivity contribution in [2.75, 3.05) is 30.9 Å². The van der Waals surface area contributed by atoms with Crippen LogP contribution in [0.4, 0.5) is 11.4 Å². The summed E-state index contributed by atoms with van der Waals surface area (Å²) in [6.07, 6.45) is 0.850. The van der Waals surface area contributed by atoms with Crippen molar-refractivity contribution in [1.82, 2.24) is 4.90 Å². The van der Waals surface area contributed by atoms with Crippen molar-refractivity contribution in [3.63, 3.8) is 0 Å². The monoisotopic (exact) mass is 353 g/mol. The van der Waals surface area contributed by atoms with Crippen molar-refractivity contribution in [1.29, 1.82) is 0 Å². The van der Waals surface area contributed by atoms with Gasteiger partial charge in [0.25, 0.3) is 0 Å². The van der Waals surface area contributed by atoms with Gasteiger partial charge in [0.2, 0.25) is 11.8 Å². The molecule has 5 heteroatoms. The molecule has 0 aliphatic heterocycles. The molecular formula is C21H27N3O2. The molecule has 0 aromatic heterocycles. The zero-order chi connectivity index (χ0) is 19.1. The van der Waals surface area contributed by atoms with Crippen LogP contribution in [0.3, 0.4) is 0 Å². The summed E-state index contributed by atoms with van der Waals surface area (Å²) in [4.78, 5) is 28.4. The largest absolute Gasteiger partial charge is 0.325 e. The molecule has 2 aromatic rings. The minimum atomic E-state index is -0.410. The average molecular weight is 353 g/mol. The van der Waals surface area contributed by atoms with Gasteiger partial charge in [-0.25, -0.2) is 0 Å².